The van der Waals surface area contributed by atoms with E-state index in [0.29, 0.717) is 0 Å². The number of allylic oxidation sites excluding steroid dienone is 2. The summed E-state index contributed by atoms with van der Waals surface area (Å²) in [5.41, 5.74) is 8.83. The summed E-state index contributed by atoms with van der Waals surface area (Å²) >= 11 is -4.61. The van der Waals surface area contributed by atoms with Gasteiger partial charge in [0.25, 0.3) is 0 Å². The van der Waals surface area contributed by atoms with E-state index in [1.165, 1.54) is 109 Å². The molecule has 243 valence electrons. The van der Waals surface area contributed by atoms with Gasteiger partial charge in [-0.3, -0.25) is 0 Å². The normalized spacial score (nSPS) is 18.9. The predicted molar refractivity (Wildman–Crippen MR) is 208 cm³/mol. The molecule has 0 radical (unpaired) electrons. The molecule has 0 nitrogen and oxygen atoms in total. The molecule has 2 unspecified atom stereocenters. The number of benzene rings is 2. The van der Waals surface area contributed by atoms with Crippen LogP contribution in [0.5, 0.6) is 0 Å². The van der Waals surface area contributed by atoms with Crippen molar-refractivity contribution in [1.82, 2.24) is 0 Å². The Morgan fingerprint density at radius 2 is 0.955 bits per heavy atom. The molecular weight excluding hydrogens is 709 g/mol. The molecule has 6 heteroatoms. The number of unbranched alkanes of at least 4 members (excludes halogenated alkanes) is 4. The Labute approximate surface area is 282 Å². The quantitative estimate of drug-likeness (QED) is 0.111. The first kappa shape index (κ1) is 37.3. The van der Waals surface area contributed by atoms with Crippen LogP contribution in [0.2, 0.25) is 13.1 Å². The third-order valence-corrected chi connectivity index (χ3v) is 68.4. The molecule has 2 aliphatic carbocycles. The van der Waals surface area contributed by atoms with Gasteiger partial charge in [0.1, 0.15) is 0 Å². The third kappa shape index (κ3) is 7.23. The van der Waals surface area contributed by atoms with Crippen LogP contribution in [0, 0.1) is 0 Å². The number of hydrogen-bond acceptors (Lipinski definition) is 0. The monoisotopic (exact) mass is 765 g/mol. The summed E-state index contributed by atoms with van der Waals surface area (Å²) in [6.07, 6.45) is 20.8. The average Bonchev–Trinajstić information content (AvgIpc) is 3.54. The SMILES string of the molecule is CCCCP(CCCC)c1cccc2c1C=C(C)[CH]2[Zr]([Cl])([Cl])([CH]1C(C)=Cc2c1cccc2P(CCCC)CCCC)[SiH](C)C. The molecule has 4 rings (SSSR count). The first-order chi connectivity index (χ1) is 21.0. The first-order valence-electron chi connectivity index (χ1n) is 17.7. The van der Waals surface area contributed by atoms with E-state index in [2.05, 4.69) is 103 Å². The van der Waals surface area contributed by atoms with Crippen LogP contribution in [0.3, 0.4) is 0 Å². The van der Waals surface area contributed by atoms with Crippen molar-refractivity contribution in [2.75, 3.05) is 24.6 Å². The van der Waals surface area contributed by atoms with Gasteiger partial charge in [0.15, 0.2) is 0 Å². The van der Waals surface area contributed by atoms with Gasteiger partial charge in [-0.2, -0.15) is 0 Å². The molecule has 0 saturated carbocycles. The Balaban J connectivity index is 1.85. The maximum absolute atomic E-state index is 8.55. The Hall–Kier alpha value is 0.460. The summed E-state index contributed by atoms with van der Waals surface area (Å²) in [4.78, 5) is 0. The fourth-order valence-corrected chi connectivity index (χ4v) is 46.8. The molecule has 0 aromatic heterocycles. The van der Waals surface area contributed by atoms with E-state index in [1.54, 1.807) is 10.6 Å². The zero-order chi connectivity index (χ0) is 32.1. The summed E-state index contributed by atoms with van der Waals surface area (Å²) in [5, 5.41) is 3.24. The fourth-order valence-electron chi connectivity index (χ4n) is 8.02. The van der Waals surface area contributed by atoms with Gasteiger partial charge in [-0.05, 0) is 0 Å². The van der Waals surface area contributed by atoms with E-state index < -0.39 is 21.5 Å². The summed E-state index contributed by atoms with van der Waals surface area (Å²) in [7, 11) is 16.8. The second-order valence-corrected chi connectivity index (χ2v) is 61.4. The number of rotatable bonds is 17. The number of fused-ring (bicyclic) bond motifs is 2. The van der Waals surface area contributed by atoms with E-state index in [1.807, 2.05) is 0 Å². The maximum atomic E-state index is 8.55. The molecule has 0 amide bonds. The van der Waals surface area contributed by atoms with Gasteiger partial charge in [0.2, 0.25) is 0 Å². The van der Waals surface area contributed by atoms with Crippen molar-refractivity contribution in [3.8, 4) is 0 Å². The van der Waals surface area contributed by atoms with E-state index >= 15 is 0 Å². The van der Waals surface area contributed by atoms with Crippen molar-refractivity contribution in [2.24, 2.45) is 0 Å². The van der Waals surface area contributed by atoms with Crippen LogP contribution in [0.1, 0.15) is 122 Å². The topological polar surface area (TPSA) is 0 Å². The fraction of sp³-hybridized carbons (Fsp3) is 0.579. The Morgan fingerprint density at radius 1 is 0.614 bits per heavy atom. The molecule has 0 bridgehead atoms. The van der Waals surface area contributed by atoms with Crippen molar-refractivity contribution in [2.45, 2.75) is 113 Å². The number of halogens is 2. The van der Waals surface area contributed by atoms with Gasteiger partial charge >= 0.3 is 285 Å². The molecule has 0 N–H and O–H groups in total. The molecule has 44 heavy (non-hydrogen) atoms. The van der Waals surface area contributed by atoms with Gasteiger partial charge in [0.05, 0.1) is 0 Å². The molecule has 2 aromatic rings. The standard InChI is InChI=1S/2C18H26P.C2H7Si.2ClH.Zr/c2*1-4-6-11-19(12-7-5-2)18-10-8-9-16-13-15(3)14-17(16)18;1-3-2;;;/h2*8-10,13-14H,4-7,11-12H2,1-3H3;3H,1-2H3;2*1H;/q;;;;;+2/p-2. The van der Waals surface area contributed by atoms with Gasteiger partial charge in [-0.1, -0.05) is 0 Å². The third-order valence-electron chi connectivity index (χ3n) is 10.5. The second kappa shape index (κ2) is 16.2. The summed E-state index contributed by atoms with van der Waals surface area (Å²) < 4.78 is 0.417. The summed E-state index contributed by atoms with van der Waals surface area (Å²) in [6, 6.07) is 14.4. The van der Waals surface area contributed by atoms with Crippen molar-refractivity contribution < 1.29 is 15.6 Å². The van der Waals surface area contributed by atoms with Crippen molar-refractivity contribution in [1.29, 1.82) is 0 Å². The summed E-state index contributed by atoms with van der Waals surface area (Å²) in [6.45, 7) is 19.0. The van der Waals surface area contributed by atoms with Gasteiger partial charge in [-0.15, -0.1) is 0 Å². The molecule has 2 aromatic carbocycles. The van der Waals surface area contributed by atoms with Crippen LogP contribution in [0.25, 0.3) is 12.2 Å². The van der Waals surface area contributed by atoms with Crippen LogP contribution < -0.4 is 10.6 Å². The molecule has 0 spiro atoms. The molecular formula is C38H59Cl2P2SiZr. The molecule has 0 aliphatic heterocycles. The molecule has 0 heterocycles. The second-order valence-electron chi connectivity index (χ2n) is 14.0. The number of hydrogen-bond donors (Lipinski definition) is 0. The van der Waals surface area contributed by atoms with E-state index in [0.717, 1.165) is 0 Å². The van der Waals surface area contributed by atoms with Crippen LogP contribution in [-0.2, 0) is 15.6 Å². The minimum atomic E-state index is -4.61. The predicted octanol–water partition coefficient (Wildman–Crippen LogP) is 12.7. The van der Waals surface area contributed by atoms with E-state index in [4.69, 9.17) is 17.0 Å². The average molecular weight is 768 g/mol. The molecule has 2 atom stereocenters. The molecule has 0 saturated heterocycles. The Kier molecular flexibility index (Phi) is 13.8. The zero-order valence-corrected chi connectivity index (χ0v) is 35.9. The molecule has 0 fully saturated rings. The van der Waals surface area contributed by atoms with Gasteiger partial charge in [0, 0.05) is 0 Å². The van der Waals surface area contributed by atoms with Crippen molar-refractivity contribution >= 4 is 61.6 Å². The van der Waals surface area contributed by atoms with Gasteiger partial charge in [-0.25, -0.2) is 0 Å². The van der Waals surface area contributed by atoms with Crippen molar-refractivity contribution in [3.05, 3.63) is 69.8 Å². The molecule has 2 aliphatic rings. The van der Waals surface area contributed by atoms with E-state index in [9.17, 15) is 0 Å². The van der Waals surface area contributed by atoms with Crippen LogP contribution >= 0.6 is 32.9 Å². The summed E-state index contributed by atoms with van der Waals surface area (Å²) in [5.74, 6) is -1.50. The van der Waals surface area contributed by atoms with Crippen LogP contribution in [0.4, 0.5) is 0 Å². The van der Waals surface area contributed by atoms with Gasteiger partial charge < -0.3 is 0 Å². The zero-order valence-electron chi connectivity index (χ0n) is 29.0. The van der Waals surface area contributed by atoms with Crippen molar-refractivity contribution in [3.63, 3.8) is 0 Å². The van der Waals surface area contributed by atoms with E-state index in [-0.39, 0.29) is 23.1 Å². The van der Waals surface area contributed by atoms with Crippen LogP contribution in [-0.4, -0.2) is 30.6 Å². The van der Waals surface area contributed by atoms with Crippen LogP contribution in [0.15, 0.2) is 47.5 Å². The Morgan fingerprint density at radius 3 is 1.25 bits per heavy atom. The first-order valence-corrected chi connectivity index (χ1v) is 37.5. The minimum absolute atomic E-state index is 0.165. The Bertz CT molecular complexity index is 1240.